The van der Waals surface area contributed by atoms with Crippen molar-refractivity contribution < 1.29 is 19.0 Å². The lowest BCUT2D eigenvalue weighted by atomic mass is 9.92. The Balaban J connectivity index is 1.39. The molecule has 5 rings (SSSR count). The first-order valence-corrected chi connectivity index (χ1v) is 11.8. The maximum atomic E-state index is 12.8. The molecule has 1 atom stereocenters. The Morgan fingerprint density at radius 3 is 2.64 bits per heavy atom. The van der Waals surface area contributed by atoms with Gasteiger partial charge in [0, 0.05) is 19.2 Å². The van der Waals surface area contributed by atoms with Gasteiger partial charge in [0.15, 0.2) is 0 Å². The summed E-state index contributed by atoms with van der Waals surface area (Å²) in [7, 11) is 1.65. The van der Waals surface area contributed by atoms with E-state index in [0.29, 0.717) is 24.9 Å². The van der Waals surface area contributed by atoms with E-state index in [0.717, 1.165) is 55.7 Å². The lowest BCUT2D eigenvalue weighted by molar-refractivity contribution is 0.0514. The average Bonchev–Trinajstić information content (AvgIpc) is 3.12. The maximum Gasteiger partial charge on any atom is 0.408 e. The van der Waals surface area contributed by atoms with E-state index in [2.05, 4.69) is 21.3 Å². The number of pyridine rings is 1. The fraction of sp³-hybridized carbons (Fsp3) is 0.538. The van der Waals surface area contributed by atoms with E-state index in [4.69, 9.17) is 14.2 Å². The second kappa shape index (κ2) is 10.5. The van der Waals surface area contributed by atoms with Gasteiger partial charge in [0.05, 0.1) is 24.0 Å². The number of methoxy groups -OCH3 is 1. The van der Waals surface area contributed by atoms with Gasteiger partial charge in [0.2, 0.25) is 0 Å². The molecule has 0 radical (unpaired) electrons. The van der Waals surface area contributed by atoms with Gasteiger partial charge in [0.1, 0.15) is 18.5 Å². The molecule has 7 nitrogen and oxygen atoms in total. The lowest BCUT2D eigenvalue weighted by Crippen LogP contribution is -2.43. The normalized spacial score (nSPS) is 22.5. The highest BCUT2D eigenvalue weighted by Gasteiger charge is 2.34. The number of carbonyl (C=O) groups excluding carboxylic acids is 1. The van der Waals surface area contributed by atoms with Crippen LogP contribution in [-0.4, -0.2) is 62.0 Å². The Morgan fingerprint density at radius 1 is 1.12 bits per heavy atom. The maximum absolute atomic E-state index is 12.8. The van der Waals surface area contributed by atoms with E-state index in [1.165, 1.54) is 0 Å². The molecule has 3 aliphatic heterocycles. The molecular formula is C26H35N3O4. The minimum Gasteiger partial charge on any atom is -0.490 e. The van der Waals surface area contributed by atoms with Crippen molar-refractivity contribution in [1.29, 1.82) is 0 Å². The van der Waals surface area contributed by atoms with E-state index in [9.17, 15) is 4.79 Å². The SMILES string of the molecule is COCCOc1ccc(-c2cccc(C(C)(C)NC(=O)OC3CCN4CCC3CC4)c2)nc1. The standard InChI is InChI=1S/C26H35N3O4/c1-26(2,28-25(30)33-24-11-14-29-12-9-19(24)10-13-29)21-6-4-5-20(17-21)23-8-7-22(18-27-23)32-16-15-31-3/h4-8,17-19,24H,9-16H2,1-3H3,(H,28,30). The zero-order chi connectivity index (χ0) is 23.3. The number of hydrogen-bond acceptors (Lipinski definition) is 6. The van der Waals surface area contributed by atoms with Crippen LogP contribution in [0.15, 0.2) is 42.6 Å². The number of rotatable bonds is 8. The molecule has 2 bridgehead atoms. The Bertz CT molecular complexity index is 923. The van der Waals surface area contributed by atoms with Crippen molar-refractivity contribution in [1.82, 2.24) is 15.2 Å². The predicted molar refractivity (Wildman–Crippen MR) is 127 cm³/mol. The van der Waals surface area contributed by atoms with Crippen LogP contribution in [0.4, 0.5) is 4.79 Å². The van der Waals surface area contributed by atoms with Crippen LogP contribution in [0.25, 0.3) is 11.3 Å². The van der Waals surface area contributed by atoms with Gasteiger partial charge in [-0.2, -0.15) is 0 Å². The predicted octanol–water partition coefficient (Wildman–Crippen LogP) is 4.22. The van der Waals surface area contributed by atoms with E-state index >= 15 is 0 Å². The molecule has 0 spiro atoms. The summed E-state index contributed by atoms with van der Waals surface area (Å²) in [5.41, 5.74) is 2.24. The third-order valence-corrected chi connectivity index (χ3v) is 6.73. The number of nitrogens with zero attached hydrogens (tertiary/aromatic N) is 2. The topological polar surface area (TPSA) is 72.9 Å². The molecular weight excluding hydrogens is 418 g/mol. The molecule has 7 heteroatoms. The van der Waals surface area contributed by atoms with Gasteiger partial charge in [-0.3, -0.25) is 4.98 Å². The lowest BCUT2D eigenvalue weighted by Gasteiger charge is -2.31. The van der Waals surface area contributed by atoms with Crippen LogP contribution in [-0.2, 0) is 15.0 Å². The first-order chi connectivity index (χ1) is 15.9. The number of hydrogen-bond donors (Lipinski definition) is 1. The molecule has 1 aromatic heterocycles. The molecule has 33 heavy (non-hydrogen) atoms. The number of amides is 1. The van der Waals surface area contributed by atoms with Gasteiger partial charge in [0.25, 0.3) is 0 Å². The number of benzene rings is 1. The molecule has 4 heterocycles. The van der Waals surface area contributed by atoms with Crippen molar-refractivity contribution in [3.8, 4) is 17.0 Å². The summed E-state index contributed by atoms with van der Waals surface area (Å²) in [6.07, 6.45) is 4.54. The minimum atomic E-state index is -0.581. The monoisotopic (exact) mass is 453 g/mol. The first-order valence-electron chi connectivity index (χ1n) is 11.8. The fourth-order valence-electron chi connectivity index (χ4n) is 4.69. The molecule has 0 saturated carbocycles. The average molecular weight is 454 g/mol. The van der Waals surface area contributed by atoms with Crippen LogP contribution in [0.1, 0.15) is 38.7 Å². The second-order valence-electron chi connectivity index (χ2n) is 9.46. The molecule has 3 aliphatic rings. The summed E-state index contributed by atoms with van der Waals surface area (Å²) in [6.45, 7) is 8.29. The second-order valence-corrected chi connectivity index (χ2v) is 9.46. The summed E-state index contributed by atoms with van der Waals surface area (Å²) in [5, 5.41) is 3.09. The van der Waals surface area contributed by atoms with Gasteiger partial charge in [-0.15, -0.1) is 0 Å². The summed E-state index contributed by atoms with van der Waals surface area (Å²) < 4.78 is 16.5. The van der Waals surface area contributed by atoms with E-state index in [1.807, 2.05) is 44.2 Å². The van der Waals surface area contributed by atoms with Crippen LogP contribution in [0.5, 0.6) is 5.75 Å². The van der Waals surface area contributed by atoms with Gasteiger partial charge in [-0.05, 0) is 75.9 Å². The molecule has 1 unspecified atom stereocenters. The first kappa shape index (κ1) is 23.5. The van der Waals surface area contributed by atoms with Crippen LogP contribution in [0.3, 0.4) is 0 Å². The fourth-order valence-corrected chi connectivity index (χ4v) is 4.69. The van der Waals surface area contributed by atoms with Crippen molar-refractivity contribution in [2.24, 2.45) is 5.92 Å². The highest BCUT2D eigenvalue weighted by molar-refractivity contribution is 5.69. The van der Waals surface area contributed by atoms with Crippen molar-refractivity contribution in [3.63, 3.8) is 0 Å². The molecule has 1 N–H and O–H groups in total. The highest BCUT2D eigenvalue weighted by Crippen LogP contribution is 2.30. The molecule has 2 aromatic rings. The zero-order valence-electron chi connectivity index (χ0n) is 19.9. The number of carbonyl (C=O) groups is 1. The van der Waals surface area contributed by atoms with Crippen molar-refractivity contribution in [3.05, 3.63) is 48.2 Å². The van der Waals surface area contributed by atoms with Crippen LogP contribution < -0.4 is 10.1 Å². The Morgan fingerprint density at radius 2 is 1.91 bits per heavy atom. The number of piperidine rings is 1. The highest BCUT2D eigenvalue weighted by atomic mass is 16.6. The third kappa shape index (κ3) is 6.03. The number of ether oxygens (including phenoxy) is 3. The molecule has 1 aromatic carbocycles. The van der Waals surface area contributed by atoms with Crippen LogP contribution in [0.2, 0.25) is 0 Å². The third-order valence-electron chi connectivity index (χ3n) is 6.73. The molecule has 3 saturated heterocycles. The number of nitrogens with one attached hydrogen (secondary N) is 1. The molecule has 178 valence electrons. The van der Waals surface area contributed by atoms with Crippen molar-refractivity contribution in [2.75, 3.05) is 40.0 Å². The van der Waals surface area contributed by atoms with Crippen LogP contribution >= 0.6 is 0 Å². The van der Waals surface area contributed by atoms with E-state index in [-0.39, 0.29) is 12.2 Å². The number of alkyl carbamates (subject to hydrolysis) is 1. The van der Waals surface area contributed by atoms with Gasteiger partial charge in [-0.25, -0.2) is 4.79 Å². The zero-order valence-corrected chi connectivity index (χ0v) is 19.9. The largest absolute Gasteiger partial charge is 0.490 e. The Kier molecular flexibility index (Phi) is 7.50. The summed E-state index contributed by atoms with van der Waals surface area (Å²) >= 11 is 0. The number of aromatic nitrogens is 1. The molecule has 1 amide bonds. The minimum absolute atomic E-state index is 0.00783. The van der Waals surface area contributed by atoms with Gasteiger partial charge in [-0.1, -0.05) is 18.2 Å². The Labute approximate surface area is 196 Å². The van der Waals surface area contributed by atoms with E-state index in [1.54, 1.807) is 13.3 Å². The molecule has 3 fully saturated rings. The Hall–Kier alpha value is -2.64. The summed E-state index contributed by atoms with van der Waals surface area (Å²) in [4.78, 5) is 19.8. The van der Waals surface area contributed by atoms with E-state index < -0.39 is 5.54 Å². The molecule has 0 aliphatic carbocycles. The van der Waals surface area contributed by atoms with Gasteiger partial charge < -0.3 is 24.4 Å². The number of fused-ring (bicyclic) bond motifs is 4. The quantitative estimate of drug-likeness (QED) is 0.604. The smallest absolute Gasteiger partial charge is 0.408 e. The van der Waals surface area contributed by atoms with Crippen molar-refractivity contribution in [2.45, 2.75) is 44.8 Å². The summed E-state index contributed by atoms with van der Waals surface area (Å²) in [5.74, 6) is 1.19. The van der Waals surface area contributed by atoms with Gasteiger partial charge >= 0.3 is 6.09 Å². The van der Waals surface area contributed by atoms with Crippen molar-refractivity contribution >= 4 is 6.09 Å². The summed E-state index contributed by atoms with van der Waals surface area (Å²) in [6, 6.07) is 11.9. The van der Waals surface area contributed by atoms with Crippen LogP contribution in [0, 0.1) is 5.92 Å².